The monoisotopic (exact) mass is 561 g/mol. The number of carbonyl (C=O) groups excluding carboxylic acids is 3. The molecule has 4 heterocycles. The fraction of sp³-hybridized carbons (Fsp3) is 0.321. The van der Waals surface area contributed by atoms with Crippen molar-refractivity contribution in [2.24, 2.45) is 7.05 Å². The van der Waals surface area contributed by atoms with Crippen molar-refractivity contribution in [1.82, 2.24) is 24.2 Å². The number of hydrogen-bond donors (Lipinski definition) is 3. The van der Waals surface area contributed by atoms with Gasteiger partial charge in [0.15, 0.2) is 0 Å². The van der Waals surface area contributed by atoms with Crippen LogP contribution in [0.5, 0.6) is 5.88 Å². The second-order valence-corrected chi connectivity index (χ2v) is 10.9. The molecule has 3 N–H and O–H groups in total. The van der Waals surface area contributed by atoms with Crippen LogP contribution in [0.4, 0.5) is 11.6 Å². The molecular formula is C28H31N7O4S. The van der Waals surface area contributed by atoms with Gasteiger partial charge in [0.2, 0.25) is 23.6 Å². The minimum Gasteiger partial charge on any atom is -0.493 e. The van der Waals surface area contributed by atoms with Crippen LogP contribution in [0.1, 0.15) is 47.5 Å². The van der Waals surface area contributed by atoms with Crippen LogP contribution in [-0.2, 0) is 16.6 Å². The molecule has 40 heavy (non-hydrogen) atoms. The van der Waals surface area contributed by atoms with Crippen LogP contribution in [0.25, 0.3) is 21.5 Å². The van der Waals surface area contributed by atoms with Gasteiger partial charge in [0.25, 0.3) is 5.91 Å². The fourth-order valence-corrected chi connectivity index (χ4v) is 6.13. The van der Waals surface area contributed by atoms with Crippen LogP contribution in [0, 0.1) is 6.92 Å². The number of aryl methyl sites for hydroxylation is 2. The Bertz CT molecular complexity index is 1630. The van der Waals surface area contributed by atoms with Gasteiger partial charge in [-0.1, -0.05) is 18.7 Å². The van der Waals surface area contributed by atoms with Crippen molar-refractivity contribution in [3.05, 3.63) is 53.6 Å². The second kappa shape index (κ2) is 11.0. The van der Waals surface area contributed by atoms with Gasteiger partial charge in [-0.15, -0.1) is 11.3 Å². The number of thiophene rings is 1. The van der Waals surface area contributed by atoms with E-state index >= 15 is 0 Å². The van der Waals surface area contributed by atoms with Crippen LogP contribution >= 0.6 is 11.3 Å². The Morgan fingerprint density at radius 3 is 2.73 bits per heavy atom. The van der Waals surface area contributed by atoms with Gasteiger partial charge in [-0.3, -0.25) is 19.7 Å². The minimum absolute atomic E-state index is 0.0255. The number of carbonyl (C=O) groups is 3. The first-order chi connectivity index (χ1) is 19.2. The summed E-state index contributed by atoms with van der Waals surface area (Å²) in [5.74, 6) is -0.545. The van der Waals surface area contributed by atoms with Crippen molar-refractivity contribution in [2.45, 2.75) is 39.2 Å². The summed E-state index contributed by atoms with van der Waals surface area (Å²) < 4.78 is 3.35. The normalized spacial score (nSPS) is 15.6. The summed E-state index contributed by atoms with van der Waals surface area (Å²) in [6, 6.07) is 7.33. The molecule has 0 saturated carbocycles. The van der Waals surface area contributed by atoms with Crippen molar-refractivity contribution >= 4 is 51.7 Å². The Hall–Kier alpha value is -4.45. The van der Waals surface area contributed by atoms with E-state index in [2.05, 4.69) is 22.3 Å². The molecular weight excluding hydrogens is 530 g/mol. The van der Waals surface area contributed by atoms with Gasteiger partial charge >= 0.3 is 0 Å². The molecule has 0 unspecified atom stereocenters. The van der Waals surface area contributed by atoms with Crippen molar-refractivity contribution in [3.8, 4) is 16.3 Å². The molecule has 1 aliphatic heterocycles. The van der Waals surface area contributed by atoms with Gasteiger partial charge in [-0.25, -0.2) is 9.67 Å². The highest BCUT2D eigenvalue weighted by Crippen LogP contribution is 2.41. The third-order valence-corrected chi connectivity index (χ3v) is 8.31. The summed E-state index contributed by atoms with van der Waals surface area (Å²) in [7, 11) is 1.59. The van der Waals surface area contributed by atoms with E-state index in [1.165, 1.54) is 10.9 Å². The molecule has 5 rings (SSSR count). The quantitative estimate of drug-likeness (QED) is 0.298. The molecule has 0 spiro atoms. The highest BCUT2D eigenvalue weighted by atomic mass is 32.1. The molecule has 1 aromatic carbocycles. The molecule has 11 nitrogen and oxygen atoms in total. The zero-order chi connectivity index (χ0) is 28.6. The maximum atomic E-state index is 13.7. The number of benzene rings is 1. The van der Waals surface area contributed by atoms with E-state index in [9.17, 15) is 19.5 Å². The maximum Gasteiger partial charge on any atom is 0.268 e. The Kier molecular flexibility index (Phi) is 7.44. The number of imidazole rings is 1. The zero-order valence-corrected chi connectivity index (χ0v) is 23.4. The average molecular weight is 562 g/mol. The molecule has 1 atom stereocenters. The summed E-state index contributed by atoms with van der Waals surface area (Å²) in [6.45, 7) is 8.32. The first-order valence-corrected chi connectivity index (χ1v) is 13.8. The lowest BCUT2D eigenvalue weighted by atomic mass is 10.1. The van der Waals surface area contributed by atoms with Crippen LogP contribution in [0.3, 0.4) is 0 Å². The predicted octanol–water partition coefficient (Wildman–Crippen LogP) is 4.46. The lowest BCUT2D eigenvalue weighted by molar-refractivity contribution is -0.129. The third-order valence-electron chi connectivity index (χ3n) is 7.15. The number of fused-ring (bicyclic) bond motifs is 1. The van der Waals surface area contributed by atoms with E-state index in [1.54, 1.807) is 20.0 Å². The summed E-state index contributed by atoms with van der Waals surface area (Å²) in [5, 5.41) is 20.3. The first-order valence-electron chi connectivity index (χ1n) is 13.0. The fourth-order valence-electron chi connectivity index (χ4n) is 5.12. The van der Waals surface area contributed by atoms with Crippen molar-refractivity contribution in [3.63, 3.8) is 0 Å². The highest BCUT2D eigenvalue weighted by molar-refractivity contribution is 7.18. The summed E-state index contributed by atoms with van der Waals surface area (Å²) in [4.78, 5) is 45.5. The number of para-hydroxylation sites is 1. The Morgan fingerprint density at radius 1 is 1.23 bits per heavy atom. The number of hydrogen-bond acceptors (Lipinski definition) is 7. The van der Waals surface area contributed by atoms with Crippen molar-refractivity contribution in [1.29, 1.82) is 0 Å². The van der Waals surface area contributed by atoms with Gasteiger partial charge in [0.1, 0.15) is 0 Å². The topological polar surface area (TPSA) is 134 Å². The van der Waals surface area contributed by atoms with Crippen LogP contribution in [-0.4, -0.2) is 60.1 Å². The molecule has 208 valence electrons. The maximum absolute atomic E-state index is 13.7. The number of likely N-dealkylation sites (tertiary alicyclic amines) is 1. The van der Waals surface area contributed by atoms with Crippen LogP contribution in [0.2, 0.25) is 0 Å². The number of aromatic hydroxyl groups is 1. The highest BCUT2D eigenvalue weighted by Gasteiger charge is 2.28. The summed E-state index contributed by atoms with van der Waals surface area (Å²) in [6.07, 6.45) is 5.31. The Morgan fingerprint density at radius 2 is 2.02 bits per heavy atom. The summed E-state index contributed by atoms with van der Waals surface area (Å²) >= 11 is 1.11. The van der Waals surface area contributed by atoms with E-state index in [4.69, 9.17) is 4.98 Å². The lowest BCUT2D eigenvalue weighted by Gasteiger charge is -2.26. The number of amides is 3. The number of nitrogens with one attached hydrogen (secondary N) is 2. The average Bonchev–Trinajstić information content (AvgIpc) is 3.53. The smallest absolute Gasteiger partial charge is 0.268 e. The predicted molar refractivity (Wildman–Crippen MR) is 155 cm³/mol. The standard InChI is InChI=1S/C28H31N7O4S/c1-5-23(37)30-21-13-22(40-25(21)19-14-29-33(4)27(19)39)26(38)32-28-31-20-11-8-9-16(2)24(20)35(28)18-10-6-7-12-34(15-18)17(3)36/h5,8-9,11,13-14,18,39H,1,6-7,10,12,15H2,2-4H3,(H,30,37)(H,31,32,38)/t18-/m1/s1. The number of rotatable bonds is 6. The largest absolute Gasteiger partial charge is 0.493 e. The van der Waals surface area contributed by atoms with Gasteiger partial charge in [-0.05, 0) is 50.0 Å². The van der Waals surface area contributed by atoms with Crippen LogP contribution < -0.4 is 10.6 Å². The lowest BCUT2D eigenvalue weighted by Crippen LogP contribution is -2.34. The molecule has 0 bridgehead atoms. The molecule has 1 saturated heterocycles. The van der Waals surface area contributed by atoms with E-state index in [1.807, 2.05) is 34.6 Å². The van der Waals surface area contributed by atoms with E-state index in [-0.39, 0.29) is 17.8 Å². The Labute approximate surface area is 235 Å². The molecule has 3 amide bonds. The molecule has 0 radical (unpaired) electrons. The van der Waals surface area contributed by atoms with Gasteiger partial charge in [0, 0.05) is 27.1 Å². The Balaban J connectivity index is 1.55. The van der Waals surface area contributed by atoms with Gasteiger partial charge < -0.3 is 19.9 Å². The molecule has 12 heteroatoms. The summed E-state index contributed by atoms with van der Waals surface area (Å²) in [5.41, 5.74) is 3.42. The van der Waals surface area contributed by atoms with Crippen LogP contribution in [0.15, 0.2) is 43.1 Å². The molecule has 1 aliphatic rings. The number of anilines is 2. The molecule has 3 aromatic heterocycles. The first kappa shape index (κ1) is 27.1. The molecule has 4 aromatic rings. The van der Waals surface area contributed by atoms with Gasteiger partial charge in [0.05, 0.1) is 44.3 Å². The third kappa shape index (κ3) is 5.09. The van der Waals surface area contributed by atoms with E-state index in [0.717, 1.165) is 53.3 Å². The number of aromatic nitrogens is 4. The molecule has 1 fully saturated rings. The number of nitrogens with zero attached hydrogens (tertiary/aromatic N) is 5. The molecule has 0 aliphatic carbocycles. The van der Waals surface area contributed by atoms with Gasteiger partial charge in [-0.2, -0.15) is 5.10 Å². The minimum atomic E-state index is -0.449. The zero-order valence-electron chi connectivity index (χ0n) is 22.6. The SMILES string of the molecule is C=CC(=O)Nc1cc(C(=O)Nc2nc3cccc(C)c3n2[C@@H]2CCCCN(C(C)=O)C2)sc1-c1cnn(C)c1O. The van der Waals surface area contributed by atoms with Crippen molar-refractivity contribution < 1.29 is 19.5 Å². The second-order valence-electron chi connectivity index (χ2n) is 9.87. The van der Waals surface area contributed by atoms with E-state index in [0.29, 0.717) is 40.0 Å². The van der Waals surface area contributed by atoms with E-state index < -0.39 is 11.8 Å². The van der Waals surface area contributed by atoms with Crippen molar-refractivity contribution in [2.75, 3.05) is 23.7 Å².